The van der Waals surface area contributed by atoms with Crippen LogP contribution in [-0.2, 0) is 7.05 Å². The summed E-state index contributed by atoms with van der Waals surface area (Å²) in [5, 5.41) is 0. The van der Waals surface area contributed by atoms with Crippen LogP contribution in [0.25, 0.3) is 0 Å². The smallest absolute Gasteiger partial charge is 0.125 e. The highest BCUT2D eigenvalue weighted by Gasteiger charge is 2.54. The molecule has 15 heavy (non-hydrogen) atoms. The first-order valence-corrected chi connectivity index (χ1v) is 6.02. The van der Waals surface area contributed by atoms with Crippen molar-refractivity contribution in [1.82, 2.24) is 9.55 Å². The second-order valence-corrected chi connectivity index (χ2v) is 5.11. The molecule has 0 bridgehead atoms. The van der Waals surface area contributed by atoms with Gasteiger partial charge in [-0.15, -0.1) is 0 Å². The quantitative estimate of drug-likeness (QED) is 0.801. The fraction of sp³-hybridized carbons (Fsp3) is 0.750. The molecular weight excluding hydrogens is 186 g/mol. The van der Waals surface area contributed by atoms with Crippen LogP contribution in [0.2, 0.25) is 0 Å². The van der Waals surface area contributed by atoms with Crippen LogP contribution >= 0.6 is 0 Å². The third-order valence-electron chi connectivity index (χ3n) is 4.29. The standard InChI is InChI=1S/C12H19N3/c1-15-7-6-14-12(15)11(13)10-8-4-2-3-5-9(8)10/h6-11H,2-5,13H2,1H3. The summed E-state index contributed by atoms with van der Waals surface area (Å²) >= 11 is 0. The van der Waals surface area contributed by atoms with Crippen molar-refractivity contribution >= 4 is 0 Å². The van der Waals surface area contributed by atoms with E-state index in [4.69, 9.17) is 5.73 Å². The molecule has 0 aromatic carbocycles. The van der Waals surface area contributed by atoms with Crippen LogP contribution in [0.3, 0.4) is 0 Å². The number of imidazole rings is 1. The van der Waals surface area contributed by atoms with E-state index in [9.17, 15) is 0 Å². The number of aryl methyl sites for hydroxylation is 1. The molecule has 0 spiro atoms. The van der Waals surface area contributed by atoms with E-state index in [1.165, 1.54) is 25.7 Å². The van der Waals surface area contributed by atoms with Crippen molar-refractivity contribution in [3.8, 4) is 0 Å². The van der Waals surface area contributed by atoms with Gasteiger partial charge in [-0.3, -0.25) is 0 Å². The molecule has 3 atom stereocenters. The zero-order chi connectivity index (χ0) is 10.4. The molecule has 3 nitrogen and oxygen atoms in total. The predicted molar refractivity (Wildman–Crippen MR) is 59.1 cm³/mol. The third kappa shape index (κ3) is 1.41. The van der Waals surface area contributed by atoms with E-state index in [1.807, 2.05) is 19.4 Å². The fourth-order valence-corrected chi connectivity index (χ4v) is 3.45. The van der Waals surface area contributed by atoms with E-state index in [2.05, 4.69) is 9.55 Å². The molecule has 0 amide bonds. The number of hydrogen-bond acceptors (Lipinski definition) is 2. The Morgan fingerprint density at radius 2 is 2.07 bits per heavy atom. The molecule has 2 aliphatic carbocycles. The first-order chi connectivity index (χ1) is 7.29. The molecule has 0 aliphatic heterocycles. The maximum atomic E-state index is 6.32. The summed E-state index contributed by atoms with van der Waals surface area (Å²) in [4.78, 5) is 4.37. The molecule has 82 valence electrons. The molecule has 0 radical (unpaired) electrons. The predicted octanol–water partition coefficient (Wildman–Crippen LogP) is 1.86. The van der Waals surface area contributed by atoms with Gasteiger partial charge in [0.25, 0.3) is 0 Å². The maximum absolute atomic E-state index is 6.32. The topological polar surface area (TPSA) is 43.8 Å². The average Bonchev–Trinajstić information content (AvgIpc) is 2.83. The van der Waals surface area contributed by atoms with Gasteiger partial charge in [-0.1, -0.05) is 12.8 Å². The lowest BCUT2D eigenvalue weighted by atomic mass is 10.0. The summed E-state index contributed by atoms with van der Waals surface area (Å²) in [6, 6.07) is 0.165. The molecule has 3 rings (SSSR count). The normalized spacial score (nSPS) is 36.0. The van der Waals surface area contributed by atoms with E-state index in [1.54, 1.807) is 0 Å². The van der Waals surface area contributed by atoms with Crippen LogP contribution in [-0.4, -0.2) is 9.55 Å². The molecule has 1 heterocycles. The van der Waals surface area contributed by atoms with Crippen molar-refractivity contribution in [2.75, 3.05) is 0 Å². The zero-order valence-corrected chi connectivity index (χ0v) is 9.26. The highest BCUT2D eigenvalue weighted by atomic mass is 15.1. The SMILES string of the molecule is Cn1ccnc1C(N)C1C2CCCCC21. The Hall–Kier alpha value is -0.830. The maximum Gasteiger partial charge on any atom is 0.125 e. The second kappa shape index (κ2) is 3.34. The lowest BCUT2D eigenvalue weighted by Gasteiger charge is -2.11. The van der Waals surface area contributed by atoms with E-state index in [0.29, 0.717) is 5.92 Å². The molecule has 3 unspecified atom stereocenters. The van der Waals surface area contributed by atoms with Gasteiger partial charge in [-0.2, -0.15) is 0 Å². The summed E-state index contributed by atoms with van der Waals surface area (Å²) in [7, 11) is 2.04. The van der Waals surface area contributed by atoms with Crippen LogP contribution < -0.4 is 5.73 Å². The fourth-order valence-electron chi connectivity index (χ4n) is 3.45. The molecule has 2 N–H and O–H groups in total. The Bertz CT molecular complexity index is 346. The van der Waals surface area contributed by atoms with Crippen molar-refractivity contribution in [2.24, 2.45) is 30.5 Å². The highest BCUT2D eigenvalue weighted by Crippen LogP contribution is 2.59. The van der Waals surface area contributed by atoms with Gasteiger partial charge in [0.2, 0.25) is 0 Å². The van der Waals surface area contributed by atoms with Gasteiger partial charge in [0.05, 0.1) is 6.04 Å². The van der Waals surface area contributed by atoms with Gasteiger partial charge in [0.15, 0.2) is 0 Å². The summed E-state index contributed by atoms with van der Waals surface area (Å²) in [5.41, 5.74) is 6.32. The van der Waals surface area contributed by atoms with Crippen LogP contribution in [0, 0.1) is 17.8 Å². The van der Waals surface area contributed by atoms with Crippen molar-refractivity contribution in [2.45, 2.75) is 31.7 Å². The number of hydrogen-bond donors (Lipinski definition) is 1. The first-order valence-electron chi connectivity index (χ1n) is 6.02. The Morgan fingerprint density at radius 3 is 2.60 bits per heavy atom. The van der Waals surface area contributed by atoms with Crippen LogP contribution in [0.5, 0.6) is 0 Å². The van der Waals surface area contributed by atoms with E-state index >= 15 is 0 Å². The van der Waals surface area contributed by atoms with Gasteiger partial charge in [0, 0.05) is 19.4 Å². The number of nitrogens with two attached hydrogens (primary N) is 1. The molecule has 2 aliphatic rings. The minimum atomic E-state index is 0.165. The van der Waals surface area contributed by atoms with Gasteiger partial charge < -0.3 is 10.3 Å². The van der Waals surface area contributed by atoms with Crippen molar-refractivity contribution in [3.05, 3.63) is 18.2 Å². The minimum Gasteiger partial charge on any atom is -0.337 e. The largest absolute Gasteiger partial charge is 0.337 e. The van der Waals surface area contributed by atoms with Crippen molar-refractivity contribution in [3.63, 3.8) is 0 Å². The summed E-state index contributed by atoms with van der Waals surface area (Å²) in [6.07, 6.45) is 9.44. The number of fused-ring (bicyclic) bond motifs is 1. The average molecular weight is 205 g/mol. The van der Waals surface area contributed by atoms with Crippen molar-refractivity contribution in [1.29, 1.82) is 0 Å². The van der Waals surface area contributed by atoms with Gasteiger partial charge in [-0.05, 0) is 30.6 Å². The van der Waals surface area contributed by atoms with E-state index in [-0.39, 0.29) is 6.04 Å². The van der Waals surface area contributed by atoms with Crippen molar-refractivity contribution < 1.29 is 0 Å². The molecule has 0 saturated heterocycles. The third-order valence-corrected chi connectivity index (χ3v) is 4.29. The Balaban J connectivity index is 1.76. The van der Waals surface area contributed by atoms with Gasteiger partial charge in [0.1, 0.15) is 5.82 Å². The summed E-state index contributed by atoms with van der Waals surface area (Å²) in [5.74, 6) is 3.60. The molecule has 3 heteroatoms. The number of aromatic nitrogens is 2. The molecular formula is C12H19N3. The summed E-state index contributed by atoms with van der Waals surface area (Å²) < 4.78 is 2.06. The molecule has 1 aromatic heterocycles. The lowest BCUT2D eigenvalue weighted by Crippen LogP contribution is -2.18. The minimum absolute atomic E-state index is 0.165. The Morgan fingerprint density at radius 1 is 1.40 bits per heavy atom. The highest BCUT2D eigenvalue weighted by molar-refractivity contribution is 5.11. The molecule has 1 aromatic rings. The van der Waals surface area contributed by atoms with Crippen LogP contribution in [0.4, 0.5) is 0 Å². The molecule has 2 saturated carbocycles. The monoisotopic (exact) mass is 205 g/mol. The van der Waals surface area contributed by atoms with Gasteiger partial charge in [-0.25, -0.2) is 4.98 Å². The summed E-state index contributed by atoms with van der Waals surface area (Å²) in [6.45, 7) is 0. The Labute approximate surface area is 90.7 Å². The lowest BCUT2D eigenvalue weighted by molar-refractivity contribution is 0.480. The van der Waals surface area contributed by atoms with E-state index in [0.717, 1.165) is 17.7 Å². The van der Waals surface area contributed by atoms with Crippen LogP contribution in [0.15, 0.2) is 12.4 Å². The second-order valence-electron chi connectivity index (χ2n) is 5.11. The molecule has 2 fully saturated rings. The van der Waals surface area contributed by atoms with E-state index < -0.39 is 0 Å². The Kier molecular flexibility index (Phi) is 2.09. The van der Waals surface area contributed by atoms with Crippen LogP contribution in [0.1, 0.15) is 37.5 Å². The number of nitrogens with zero attached hydrogens (tertiary/aromatic N) is 2. The van der Waals surface area contributed by atoms with Gasteiger partial charge >= 0.3 is 0 Å². The number of rotatable bonds is 2. The first kappa shape index (κ1) is 9.40. The zero-order valence-electron chi connectivity index (χ0n) is 9.26.